The first-order chi connectivity index (χ1) is 18.0. The van der Waals surface area contributed by atoms with Crippen molar-refractivity contribution in [2.45, 2.75) is 108 Å². The van der Waals surface area contributed by atoms with Gasteiger partial charge in [0.25, 0.3) is 0 Å². The maximum absolute atomic E-state index is 7.59. The molecule has 0 radical (unpaired) electrons. The summed E-state index contributed by atoms with van der Waals surface area (Å²) in [6, 6.07) is 16.8. The molecule has 2 aromatic rings. The normalized spacial score (nSPS) is 38.2. The zero-order valence-corrected chi connectivity index (χ0v) is 23.3. The maximum atomic E-state index is 7.59. The van der Waals surface area contributed by atoms with Gasteiger partial charge in [0.15, 0.2) is 0 Å². The van der Waals surface area contributed by atoms with Crippen molar-refractivity contribution in [1.82, 2.24) is 4.90 Å². The van der Waals surface area contributed by atoms with Crippen molar-refractivity contribution in [2.24, 2.45) is 11.3 Å². The van der Waals surface area contributed by atoms with Gasteiger partial charge in [0, 0.05) is 6.04 Å². The van der Waals surface area contributed by atoms with Crippen LogP contribution in [0.4, 0.5) is 0 Å². The van der Waals surface area contributed by atoms with Gasteiger partial charge in [-0.2, -0.15) is 0 Å². The molecule has 2 nitrogen and oxygen atoms in total. The first kappa shape index (κ1) is 24.2. The van der Waals surface area contributed by atoms with Crippen LogP contribution in [0.15, 0.2) is 65.8 Å². The average molecular weight is 496 g/mol. The third-order valence-electron chi connectivity index (χ3n) is 11.4. The number of rotatable bonds is 6. The molecule has 0 N–H and O–H groups in total. The summed E-state index contributed by atoms with van der Waals surface area (Å²) in [5.74, 6) is 1.24. The second-order valence-electron chi connectivity index (χ2n) is 13.2. The molecule has 2 heteroatoms. The van der Waals surface area contributed by atoms with Gasteiger partial charge in [-0.15, -0.1) is 0 Å². The second-order valence-corrected chi connectivity index (χ2v) is 13.2. The monoisotopic (exact) mass is 495 g/mol. The first-order valence-electron chi connectivity index (χ1n) is 15.4. The van der Waals surface area contributed by atoms with Gasteiger partial charge in [0.05, 0.1) is 11.2 Å². The third kappa shape index (κ3) is 3.51. The smallest absolute Gasteiger partial charge is 0.0974 e. The molecule has 2 bridgehead atoms. The summed E-state index contributed by atoms with van der Waals surface area (Å²) in [5, 5.41) is 2.74. The number of ether oxygens (including phenoxy) is 1. The maximum Gasteiger partial charge on any atom is 0.0974 e. The van der Waals surface area contributed by atoms with E-state index in [0.29, 0.717) is 17.9 Å². The molecule has 0 unspecified atom stereocenters. The van der Waals surface area contributed by atoms with Crippen molar-refractivity contribution in [1.29, 1.82) is 0 Å². The van der Waals surface area contributed by atoms with E-state index in [-0.39, 0.29) is 16.6 Å². The Balaban J connectivity index is 1.21. The molecule has 2 aromatic carbocycles. The van der Waals surface area contributed by atoms with Crippen molar-refractivity contribution in [3.63, 3.8) is 0 Å². The third-order valence-corrected chi connectivity index (χ3v) is 11.4. The van der Waals surface area contributed by atoms with Crippen molar-refractivity contribution in [3.8, 4) is 0 Å². The van der Waals surface area contributed by atoms with Crippen molar-refractivity contribution in [2.75, 3.05) is 13.1 Å². The molecule has 5 aliphatic rings. The Hall–Kier alpha value is -1.90. The standard InChI is InChI=1S/C35H45NO/c1-4-20-36(21-5-2)30-13-12-28-23-29-16-17-33(3)31(27-11-10-25-8-6-7-9-26(25)22-27)14-15-32(33)35(29)19-18-34(28,24-30)37-35/h6-11,16,22-23,30-32H,4-5,12-15,17-21,24H2,1-3H3/t30-,31-,32-,33-,34-,35-/m1/s1. The van der Waals surface area contributed by atoms with Crippen LogP contribution in [0.5, 0.6) is 0 Å². The molecule has 2 aliphatic heterocycles. The van der Waals surface area contributed by atoms with Gasteiger partial charge in [0.1, 0.15) is 0 Å². The SMILES string of the molecule is CCCN(CCC)[C@@H]1CCC2=CC3=CC[C@]4(C)[C@@H](c5ccc6ccccc6c5)CC[C@H]4[C@@]34CC[C@]2(C1)O4. The van der Waals surface area contributed by atoms with Crippen LogP contribution >= 0.6 is 0 Å². The van der Waals surface area contributed by atoms with Crippen LogP contribution in [-0.2, 0) is 4.74 Å². The number of fused-ring (bicyclic) bond motifs is 2. The molecule has 0 amide bonds. The van der Waals surface area contributed by atoms with Crippen LogP contribution in [0.25, 0.3) is 10.8 Å². The molecular weight excluding hydrogens is 450 g/mol. The van der Waals surface area contributed by atoms with E-state index in [0.717, 1.165) is 0 Å². The Labute approximate surface area is 224 Å². The minimum atomic E-state index is -0.0513. The summed E-state index contributed by atoms with van der Waals surface area (Å²) >= 11 is 0. The van der Waals surface area contributed by atoms with Gasteiger partial charge in [-0.3, -0.25) is 0 Å². The van der Waals surface area contributed by atoms with Gasteiger partial charge in [-0.05, 0) is 122 Å². The molecule has 3 fully saturated rings. The Bertz CT molecular complexity index is 1250. The van der Waals surface area contributed by atoms with Crippen molar-refractivity contribution < 1.29 is 4.74 Å². The highest BCUT2D eigenvalue weighted by atomic mass is 16.5. The van der Waals surface area contributed by atoms with E-state index in [1.54, 1.807) is 16.7 Å². The van der Waals surface area contributed by atoms with Crippen LogP contribution in [0, 0.1) is 11.3 Å². The van der Waals surface area contributed by atoms with E-state index in [2.05, 4.69) is 80.3 Å². The molecule has 37 heavy (non-hydrogen) atoms. The summed E-state index contributed by atoms with van der Waals surface area (Å²) in [5.41, 5.74) is 4.94. The summed E-state index contributed by atoms with van der Waals surface area (Å²) in [6.07, 6.45) is 17.7. The van der Waals surface area contributed by atoms with E-state index < -0.39 is 0 Å². The highest BCUT2D eigenvalue weighted by Gasteiger charge is 2.66. The highest BCUT2D eigenvalue weighted by molar-refractivity contribution is 5.83. The Morgan fingerprint density at radius 2 is 1.76 bits per heavy atom. The van der Waals surface area contributed by atoms with Crippen molar-refractivity contribution in [3.05, 3.63) is 71.3 Å². The fourth-order valence-electron chi connectivity index (χ4n) is 9.72. The molecule has 1 saturated heterocycles. The molecule has 2 saturated carbocycles. The first-order valence-corrected chi connectivity index (χ1v) is 15.4. The predicted molar refractivity (Wildman–Crippen MR) is 154 cm³/mol. The second kappa shape index (κ2) is 8.82. The lowest BCUT2D eigenvalue weighted by molar-refractivity contribution is -0.141. The molecule has 196 valence electrons. The Kier molecular flexibility index (Phi) is 5.76. The summed E-state index contributed by atoms with van der Waals surface area (Å²) in [4.78, 5) is 2.79. The number of hydrogen-bond acceptors (Lipinski definition) is 2. The number of benzene rings is 2. The van der Waals surface area contributed by atoms with Gasteiger partial charge in [0.2, 0.25) is 0 Å². The van der Waals surface area contributed by atoms with E-state index in [4.69, 9.17) is 4.74 Å². The van der Waals surface area contributed by atoms with Gasteiger partial charge in [-0.1, -0.05) is 75.4 Å². The lowest BCUT2D eigenvalue weighted by Crippen LogP contribution is -2.55. The molecule has 0 aromatic heterocycles. The Morgan fingerprint density at radius 1 is 0.946 bits per heavy atom. The molecular formula is C35H45NO. The number of allylic oxidation sites excluding steroid dienone is 1. The van der Waals surface area contributed by atoms with Gasteiger partial charge >= 0.3 is 0 Å². The van der Waals surface area contributed by atoms with Crippen LogP contribution < -0.4 is 0 Å². The predicted octanol–water partition coefficient (Wildman–Crippen LogP) is 8.57. The zero-order chi connectivity index (χ0) is 25.3. The highest BCUT2D eigenvalue weighted by Crippen LogP contribution is 2.69. The van der Waals surface area contributed by atoms with Crippen LogP contribution in [-0.4, -0.2) is 35.2 Å². The van der Waals surface area contributed by atoms with Gasteiger partial charge in [-0.25, -0.2) is 0 Å². The van der Waals surface area contributed by atoms with E-state index in [9.17, 15) is 0 Å². The minimum absolute atomic E-state index is 0.000719. The van der Waals surface area contributed by atoms with E-state index >= 15 is 0 Å². The topological polar surface area (TPSA) is 12.5 Å². The van der Waals surface area contributed by atoms with Crippen molar-refractivity contribution >= 4 is 10.8 Å². The van der Waals surface area contributed by atoms with E-state index in [1.807, 2.05) is 0 Å². The summed E-state index contributed by atoms with van der Waals surface area (Å²) < 4.78 is 7.59. The molecule has 3 aliphatic carbocycles. The summed E-state index contributed by atoms with van der Waals surface area (Å²) in [7, 11) is 0. The molecule has 2 heterocycles. The fraction of sp³-hybridized carbons (Fsp3) is 0.600. The number of nitrogens with zero attached hydrogens (tertiary/aromatic N) is 1. The fourth-order valence-corrected chi connectivity index (χ4v) is 9.72. The lowest BCUT2D eigenvalue weighted by Gasteiger charge is -2.55. The largest absolute Gasteiger partial charge is 0.359 e. The minimum Gasteiger partial charge on any atom is -0.359 e. The molecule has 7 rings (SSSR count). The van der Waals surface area contributed by atoms with E-state index in [1.165, 1.54) is 88.1 Å². The molecule has 2 spiro atoms. The van der Waals surface area contributed by atoms with Crippen LogP contribution in [0.3, 0.4) is 0 Å². The summed E-state index contributed by atoms with van der Waals surface area (Å²) in [6.45, 7) is 9.75. The zero-order valence-electron chi connectivity index (χ0n) is 23.3. The van der Waals surface area contributed by atoms with Crippen LogP contribution in [0.1, 0.15) is 96.5 Å². The lowest BCUT2D eigenvalue weighted by atomic mass is 9.58. The van der Waals surface area contributed by atoms with Crippen LogP contribution in [0.2, 0.25) is 0 Å². The average Bonchev–Trinajstić information content (AvgIpc) is 3.43. The molecule has 6 atom stereocenters. The number of hydrogen-bond donors (Lipinski definition) is 0. The van der Waals surface area contributed by atoms with Gasteiger partial charge < -0.3 is 9.64 Å². The quantitative estimate of drug-likeness (QED) is 0.398. The Morgan fingerprint density at radius 3 is 2.57 bits per heavy atom.